The first-order valence-electron chi connectivity index (χ1n) is 6.33. The zero-order valence-corrected chi connectivity index (χ0v) is 9.78. The van der Waals surface area contributed by atoms with Crippen LogP contribution in [0.5, 0.6) is 5.75 Å². The fourth-order valence-corrected chi connectivity index (χ4v) is 2.65. The summed E-state index contributed by atoms with van der Waals surface area (Å²) in [6.45, 7) is 0. The first-order valence-corrected chi connectivity index (χ1v) is 6.33. The normalized spacial score (nSPS) is 18.2. The van der Waals surface area contributed by atoms with Crippen LogP contribution >= 0.6 is 0 Å². The average Bonchev–Trinajstić information content (AvgIpc) is 2.53. The SMILES string of the molecule is Nc1cccc(CC2CCCCCC2)c1O. The third-order valence-corrected chi connectivity index (χ3v) is 3.63. The molecule has 0 atom stereocenters. The molecule has 0 heterocycles. The predicted molar refractivity (Wildman–Crippen MR) is 67.4 cm³/mol. The Labute approximate surface area is 97.5 Å². The fourth-order valence-electron chi connectivity index (χ4n) is 2.65. The molecule has 1 aromatic rings. The molecule has 1 aliphatic rings. The molecular formula is C14H21NO. The standard InChI is InChI=1S/C14H21NO/c15-13-9-5-8-12(14(13)16)10-11-6-3-1-2-4-7-11/h5,8-9,11,16H,1-4,6-7,10,15H2. The lowest BCUT2D eigenvalue weighted by Crippen LogP contribution is -2.04. The van der Waals surface area contributed by atoms with E-state index in [1.54, 1.807) is 6.07 Å². The van der Waals surface area contributed by atoms with Gasteiger partial charge in [0.1, 0.15) is 5.75 Å². The second-order valence-electron chi connectivity index (χ2n) is 4.92. The summed E-state index contributed by atoms with van der Waals surface area (Å²) in [4.78, 5) is 0. The zero-order valence-electron chi connectivity index (χ0n) is 9.78. The van der Waals surface area contributed by atoms with Crippen molar-refractivity contribution < 1.29 is 5.11 Å². The monoisotopic (exact) mass is 219 g/mol. The molecule has 3 N–H and O–H groups in total. The van der Waals surface area contributed by atoms with Crippen molar-refractivity contribution in [3.8, 4) is 5.75 Å². The van der Waals surface area contributed by atoms with Crippen molar-refractivity contribution in [3.63, 3.8) is 0 Å². The van der Waals surface area contributed by atoms with Gasteiger partial charge < -0.3 is 10.8 Å². The van der Waals surface area contributed by atoms with Gasteiger partial charge in [0.05, 0.1) is 5.69 Å². The number of nitrogen functional groups attached to an aromatic ring is 1. The maximum absolute atomic E-state index is 9.87. The van der Waals surface area contributed by atoms with Crippen LogP contribution in [-0.4, -0.2) is 5.11 Å². The highest BCUT2D eigenvalue weighted by atomic mass is 16.3. The number of phenols is 1. The Morgan fingerprint density at radius 2 is 1.81 bits per heavy atom. The lowest BCUT2D eigenvalue weighted by Gasteiger charge is -2.15. The lowest BCUT2D eigenvalue weighted by atomic mass is 9.92. The summed E-state index contributed by atoms with van der Waals surface area (Å²) in [6.07, 6.45) is 9.01. The molecule has 2 rings (SSSR count). The van der Waals surface area contributed by atoms with E-state index in [0.717, 1.165) is 17.9 Å². The van der Waals surface area contributed by atoms with Crippen LogP contribution in [-0.2, 0) is 6.42 Å². The van der Waals surface area contributed by atoms with E-state index in [4.69, 9.17) is 5.73 Å². The number of phenolic OH excluding ortho intramolecular Hbond substituents is 1. The van der Waals surface area contributed by atoms with Crippen molar-refractivity contribution in [1.82, 2.24) is 0 Å². The van der Waals surface area contributed by atoms with Crippen molar-refractivity contribution in [2.24, 2.45) is 5.92 Å². The molecular weight excluding hydrogens is 198 g/mol. The zero-order chi connectivity index (χ0) is 11.4. The third kappa shape index (κ3) is 2.69. The van der Waals surface area contributed by atoms with Gasteiger partial charge >= 0.3 is 0 Å². The van der Waals surface area contributed by atoms with E-state index in [9.17, 15) is 5.11 Å². The van der Waals surface area contributed by atoms with Crippen LogP contribution in [0.3, 0.4) is 0 Å². The van der Waals surface area contributed by atoms with Gasteiger partial charge in [-0.15, -0.1) is 0 Å². The average molecular weight is 219 g/mol. The second kappa shape index (κ2) is 5.24. The topological polar surface area (TPSA) is 46.2 Å². The van der Waals surface area contributed by atoms with Crippen LogP contribution in [0.25, 0.3) is 0 Å². The number of rotatable bonds is 2. The van der Waals surface area contributed by atoms with Crippen LogP contribution in [0.4, 0.5) is 5.69 Å². The van der Waals surface area contributed by atoms with Crippen LogP contribution in [0.2, 0.25) is 0 Å². The molecule has 1 fully saturated rings. The third-order valence-electron chi connectivity index (χ3n) is 3.63. The molecule has 1 saturated carbocycles. The predicted octanol–water partition coefficient (Wildman–Crippen LogP) is 3.49. The van der Waals surface area contributed by atoms with E-state index >= 15 is 0 Å². The molecule has 2 heteroatoms. The van der Waals surface area contributed by atoms with Crippen molar-refractivity contribution >= 4 is 5.69 Å². The maximum Gasteiger partial charge on any atom is 0.141 e. The van der Waals surface area contributed by atoms with Crippen LogP contribution in [0, 0.1) is 5.92 Å². The fraction of sp³-hybridized carbons (Fsp3) is 0.571. The largest absolute Gasteiger partial charge is 0.506 e. The van der Waals surface area contributed by atoms with E-state index in [1.807, 2.05) is 12.1 Å². The first kappa shape index (κ1) is 11.3. The van der Waals surface area contributed by atoms with Crippen LogP contribution in [0.15, 0.2) is 18.2 Å². The van der Waals surface area contributed by atoms with Crippen LogP contribution in [0.1, 0.15) is 44.1 Å². The summed E-state index contributed by atoms with van der Waals surface area (Å²) in [5, 5.41) is 9.87. The van der Waals surface area contributed by atoms with Gasteiger partial charge in [-0.2, -0.15) is 0 Å². The summed E-state index contributed by atoms with van der Waals surface area (Å²) < 4.78 is 0. The van der Waals surface area contributed by atoms with Crippen molar-refractivity contribution in [2.45, 2.75) is 44.9 Å². The van der Waals surface area contributed by atoms with E-state index in [0.29, 0.717) is 11.4 Å². The number of aromatic hydroxyl groups is 1. The van der Waals surface area contributed by atoms with E-state index in [2.05, 4.69) is 0 Å². The summed E-state index contributed by atoms with van der Waals surface area (Å²) in [5.41, 5.74) is 7.23. The molecule has 1 aromatic carbocycles. The minimum absolute atomic E-state index is 0.298. The number of benzene rings is 1. The van der Waals surface area contributed by atoms with Gasteiger partial charge in [0.15, 0.2) is 0 Å². The molecule has 0 aromatic heterocycles. The maximum atomic E-state index is 9.87. The molecule has 0 unspecified atom stereocenters. The Kier molecular flexibility index (Phi) is 3.70. The van der Waals surface area contributed by atoms with Gasteiger partial charge in [-0.1, -0.05) is 50.7 Å². The van der Waals surface area contributed by atoms with E-state index < -0.39 is 0 Å². The minimum atomic E-state index is 0.298. The summed E-state index contributed by atoms with van der Waals surface area (Å²) in [6, 6.07) is 5.68. The molecule has 0 bridgehead atoms. The number of hydrogen-bond acceptors (Lipinski definition) is 2. The molecule has 2 nitrogen and oxygen atoms in total. The van der Waals surface area contributed by atoms with Gasteiger partial charge in [-0.25, -0.2) is 0 Å². The molecule has 1 aliphatic carbocycles. The summed E-state index contributed by atoms with van der Waals surface area (Å²) in [7, 11) is 0. The van der Waals surface area contributed by atoms with Gasteiger partial charge in [0.25, 0.3) is 0 Å². The molecule has 0 spiro atoms. The molecule has 88 valence electrons. The molecule has 0 radical (unpaired) electrons. The van der Waals surface area contributed by atoms with Gasteiger partial charge in [-0.3, -0.25) is 0 Å². The minimum Gasteiger partial charge on any atom is -0.506 e. The van der Waals surface area contributed by atoms with E-state index in [-0.39, 0.29) is 0 Å². The Balaban J connectivity index is 2.04. The number of para-hydroxylation sites is 1. The molecule has 0 aliphatic heterocycles. The van der Waals surface area contributed by atoms with Crippen molar-refractivity contribution in [2.75, 3.05) is 5.73 Å². The Morgan fingerprint density at radius 3 is 2.50 bits per heavy atom. The van der Waals surface area contributed by atoms with Crippen molar-refractivity contribution in [1.29, 1.82) is 0 Å². The number of hydrogen-bond donors (Lipinski definition) is 2. The summed E-state index contributed by atoms with van der Waals surface area (Å²) in [5.74, 6) is 1.03. The molecule has 0 amide bonds. The second-order valence-corrected chi connectivity index (χ2v) is 4.92. The highest BCUT2D eigenvalue weighted by molar-refractivity contribution is 5.55. The van der Waals surface area contributed by atoms with E-state index in [1.165, 1.54) is 38.5 Å². The Morgan fingerprint density at radius 1 is 1.12 bits per heavy atom. The number of anilines is 1. The summed E-state index contributed by atoms with van der Waals surface area (Å²) >= 11 is 0. The Bertz CT molecular complexity index is 341. The molecule has 0 saturated heterocycles. The van der Waals surface area contributed by atoms with Gasteiger partial charge in [0.2, 0.25) is 0 Å². The van der Waals surface area contributed by atoms with Crippen LogP contribution < -0.4 is 5.73 Å². The quantitative estimate of drug-likeness (QED) is 0.454. The van der Waals surface area contributed by atoms with Crippen molar-refractivity contribution in [3.05, 3.63) is 23.8 Å². The Hall–Kier alpha value is -1.18. The van der Waals surface area contributed by atoms with Gasteiger partial charge in [-0.05, 0) is 24.0 Å². The molecule has 16 heavy (non-hydrogen) atoms. The highest BCUT2D eigenvalue weighted by Gasteiger charge is 2.15. The smallest absolute Gasteiger partial charge is 0.141 e. The van der Waals surface area contributed by atoms with Gasteiger partial charge in [0, 0.05) is 0 Å². The first-order chi connectivity index (χ1) is 7.77. The lowest BCUT2D eigenvalue weighted by molar-refractivity contribution is 0.432. The number of nitrogens with two attached hydrogens (primary N) is 1. The highest BCUT2D eigenvalue weighted by Crippen LogP contribution is 2.31.